The number of rotatable bonds is 6. The maximum absolute atomic E-state index is 10.1. The molecule has 0 saturated heterocycles. The van der Waals surface area contributed by atoms with E-state index in [0.29, 0.717) is 12.3 Å². The van der Waals surface area contributed by atoms with Gasteiger partial charge in [0.2, 0.25) is 0 Å². The number of phenolic OH excluding ortho intramolecular Hbond substituents is 1. The van der Waals surface area contributed by atoms with Gasteiger partial charge in [-0.2, -0.15) is 5.10 Å². The van der Waals surface area contributed by atoms with Crippen molar-refractivity contribution in [2.75, 3.05) is 6.54 Å². The van der Waals surface area contributed by atoms with E-state index in [1.165, 1.54) is 0 Å². The maximum atomic E-state index is 10.1. The van der Waals surface area contributed by atoms with Gasteiger partial charge in [0, 0.05) is 31.0 Å². The zero-order chi connectivity index (χ0) is 14.5. The molecule has 0 aliphatic rings. The van der Waals surface area contributed by atoms with E-state index >= 15 is 0 Å². The maximum Gasteiger partial charge on any atom is 0.120 e. The number of aromatic nitrogens is 2. The van der Waals surface area contributed by atoms with Crippen LogP contribution in [0.25, 0.3) is 10.8 Å². The van der Waals surface area contributed by atoms with Gasteiger partial charge in [-0.15, -0.1) is 0 Å². The second-order valence-electron chi connectivity index (χ2n) is 5.08. The number of hydrogen-bond acceptors (Lipinski definition) is 3. The van der Waals surface area contributed by atoms with Crippen molar-refractivity contribution >= 4 is 10.8 Å². The highest BCUT2D eigenvalue weighted by Gasteiger charge is 2.05. The SMILES string of the molecule is Oc1ccc2ccccc2c1CNCCCn1cccn1. The molecule has 1 heterocycles. The highest BCUT2D eigenvalue weighted by atomic mass is 16.3. The summed E-state index contributed by atoms with van der Waals surface area (Å²) in [5, 5.41) is 19.9. The average Bonchev–Trinajstić information content (AvgIpc) is 3.02. The van der Waals surface area contributed by atoms with Crippen LogP contribution in [-0.2, 0) is 13.1 Å². The molecule has 4 heteroatoms. The van der Waals surface area contributed by atoms with Gasteiger partial charge in [-0.3, -0.25) is 4.68 Å². The number of phenols is 1. The first kappa shape index (κ1) is 13.6. The minimum absolute atomic E-state index is 0.355. The molecule has 3 rings (SSSR count). The van der Waals surface area contributed by atoms with E-state index in [9.17, 15) is 5.11 Å². The van der Waals surface area contributed by atoms with Gasteiger partial charge in [0.1, 0.15) is 5.75 Å². The van der Waals surface area contributed by atoms with Gasteiger partial charge in [0.15, 0.2) is 0 Å². The highest BCUT2D eigenvalue weighted by molar-refractivity contribution is 5.87. The van der Waals surface area contributed by atoms with Gasteiger partial charge in [-0.25, -0.2) is 0 Å². The second kappa shape index (κ2) is 6.41. The molecule has 3 aromatic rings. The fourth-order valence-corrected chi connectivity index (χ4v) is 2.52. The Balaban J connectivity index is 1.59. The molecule has 0 spiro atoms. The molecule has 21 heavy (non-hydrogen) atoms. The van der Waals surface area contributed by atoms with E-state index in [2.05, 4.69) is 22.5 Å². The van der Waals surface area contributed by atoms with Crippen LogP contribution in [0.4, 0.5) is 0 Å². The van der Waals surface area contributed by atoms with Gasteiger partial charge in [0.25, 0.3) is 0 Å². The predicted molar refractivity (Wildman–Crippen MR) is 84.2 cm³/mol. The van der Waals surface area contributed by atoms with Crippen molar-refractivity contribution in [1.82, 2.24) is 15.1 Å². The molecule has 0 bridgehead atoms. The minimum Gasteiger partial charge on any atom is -0.508 e. The molecule has 4 nitrogen and oxygen atoms in total. The number of aromatic hydroxyl groups is 1. The molecule has 108 valence electrons. The fraction of sp³-hybridized carbons (Fsp3) is 0.235. The third-order valence-electron chi connectivity index (χ3n) is 3.62. The standard InChI is InChI=1S/C17H19N3O/c21-17-8-7-14-5-1-2-6-15(14)16(17)13-18-9-3-11-20-12-4-10-19-20/h1-2,4-8,10,12,18,21H,3,9,11,13H2. The second-order valence-corrected chi connectivity index (χ2v) is 5.08. The quantitative estimate of drug-likeness (QED) is 0.683. The van der Waals surface area contributed by atoms with Crippen molar-refractivity contribution in [3.8, 4) is 5.75 Å². The van der Waals surface area contributed by atoms with Crippen molar-refractivity contribution in [1.29, 1.82) is 0 Å². The normalized spacial score (nSPS) is 11.0. The van der Waals surface area contributed by atoms with Crippen molar-refractivity contribution in [2.45, 2.75) is 19.5 Å². The van der Waals surface area contributed by atoms with Gasteiger partial charge < -0.3 is 10.4 Å². The van der Waals surface area contributed by atoms with Gasteiger partial charge in [0.05, 0.1) is 0 Å². The van der Waals surface area contributed by atoms with E-state index in [0.717, 1.165) is 35.8 Å². The van der Waals surface area contributed by atoms with E-state index in [-0.39, 0.29) is 0 Å². The smallest absolute Gasteiger partial charge is 0.120 e. The Morgan fingerprint density at radius 2 is 2.00 bits per heavy atom. The molecule has 2 aromatic carbocycles. The largest absolute Gasteiger partial charge is 0.508 e. The van der Waals surface area contributed by atoms with Crippen LogP contribution in [0.3, 0.4) is 0 Å². The van der Waals surface area contributed by atoms with Gasteiger partial charge in [-0.1, -0.05) is 30.3 Å². The summed E-state index contributed by atoms with van der Waals surface area (Å²) in [5.41, 5.74) is 0.965. The summed E-state index contributed by atoms with van der Waals surface area (Å²) >= 11 is 0. The third-order valence-corrected chi connectivity index (χ3v) is 3.62. The van der Waals surface area contributed by atoms with Crippen LogP contribution in [-0.4, -0.2) is 21.4 Å². The Kier molecular flexibility index (Phi) is 4.17. The lowest BCUT2D eigenvalue weighted by atomic mass is 10.0. The van der Waals surface area contributed by atoms with Crippen LogP contribution in [0.5, 0.6) is 5.75 Å². The summed E-state index contributed by atoms with van der Waals surface area (Å²) in [4.78, 5) is 0. The number of aryl methyl sites for hydroxylation is 1. The first-order valence-corrected chi connectivity index (χ1v) is 7.22. The van der Waals surface area contributed by atoms with Crippen LogP contribution in [0.2, 0.25) is 0 Å². The lowest BCUT2D eigenvalue weighted by Gasteiger charge is -2.10. The van der Waals surface area contributed by atoms with Crippen LogP contribution < -0.4 is 5.32 Å². The Morgan fingerprint density at radius 1 is 1.10 bits per heavy atom. The van der Waals surface area contributed by atoms with Crippen molar-refractivity contribution in [3.05, 3.63) is 60.4 Å². The van der Waals surface area contributed by atoms with Crippen LogP contribution in [0.15, 0.2) is 54.9 Å². The lowest BCUT2D eigenvalue weighted by molar-refractivity contribution is 0.464. The number of nitrogens with zero attached hydrogens (tertiary/aromatic N) is 2. The summed E-state index contributed by atoms with van der Waals surface area (Å²) in [6, 6.07) is 13.8. The van der Waals surface area contributed by atoms with Crippen LogP contribution in [0, 0.1) is 0 Å². The van der Waals surface area contributed by atoms with E-state index in [1.807, 2.05) is 35.1 Å². The summed E-state index contributed by atoms with van der Waals surface area (Å²) in [6.45, 7) is 2.47. The molecular weight excluding hydrogens is 262 g/mol. The average molecular weight is 281 g/mol. The number of nitrogens with one attached hydrogen (secondary N) is 1. The first-order valence-electron chi connectivity index (χ1n) is 7.22. The molecule has 1 aromatic heterocycles. The van der Waals surface area contributed by atoms with Gasteiger partial charge >= 0.3 is 0 Å². The molecule has 0 aliphatic carbocycles. The molecule has 2 N–H and O–H groups in total. The molecular formula is C17H19N3O. The highest BCUT2D eigenvalue weighted by Crippen LogP contribution is 2.26. The monoisotopic (exact) mass is 281 g/mol. The van der Waals surface area contributed by atoms with Crippen molar-refractivity contribution in [3.63, 3.8) is 0 Å². The number of hydrogen-bond donors (Lipinski definition) is 2. The number of fused-ring (bicyclic) bond motifs is 1. The Bertz CT molecular complexity index is 707. The Labute approximate surface area is 124 Å². The summed E-state index contributed by atoms with van der Waals surface area (Å²) in [6.07, 6.45) is 4.77. The van der Waals surface area contributed by atoms with E-state index in [1.54, 1.807) is 12.3 Å². The third kappa shape index (κ3) is 3.23. The van der Waals surface area contributed by atoms with Gasteiger partial charge in [-0.05, 0) is 35.9 Å². The van der Waals surface area contributed by atoms with Crippen LogP contribution >= 0.6 is 0 Å². The molecule has 0 atom stereocenters. The van der Waals surface area contributed by atoms with E-state index < -0.39 is 0 Å². The summed E-state index contributed by atoms with van der Waals surface area (Å²) in [5.74, 6) is 0.355. The van der Waals surface area contributed by atoms with Crippen molar-refractivity contribution in [2.24, 2.45) is 0 Å². The zero-order valence-electron chi connectivity index (χ0n) is 11.9. The predicted octanol–water partition coefficient (Wildman–Crippen LogP) is 2.92. The van der Waals surface area contributed by atoms with Crippen LogP contribution in [0.1, 0.15) is 12.0 Å². The summed E-state index contributed by atoms with van der Waals surface area (Å²) < 4.78 is 1.93. The van der Waals surface area contributed by atoms with E-state index in [4.69, 9.17) is 0 Å². The Morgan fingerprint density at radius 3 is 2.86 bits per heavy atom. The fourth-order valence-electron chi connectivity index (χ4n) is 2.52. The zero-order valence-corrected chi connectivity index (χ0v) is 11.9. The molecule has 0 fully saturated rings. The topological polar surface area (TPSA) is 50.1 Å². The molecule has 0 aliphatic heterocycles. The first-order chi connectivity index (χ1) is 10.3. The molecule has 0 saturated carbocycles. The number of benzene rings is 2. The Hall–Kier alpha value is -2.33. The molecule has 0 amide bonds. The molecule has 0 radical (unpaired) electrons. The molecule has 0 unspecified atom stereocenters. The summed E-state index contributed by atoms with van der Waals surface area (Å²) in [7, 11) is 0. The minimum atomic E-state index is 0.355. The van der Waals surface area contributed by atoms with Crippen molar-refractivity contribution < 1.29 is 5.11 Å². The lowest BCUT2D eigenvalue weighted by Crippen LogP contribution is -2.17.